The van der Waals surface area contributed by atoms with Gasteiger partial charge < -0.3 is 15.4 Å². The van der Waals surface area contributed by atoms with E-state index in [1.165, 1.54) is 0 Å². The van der Waals surface area contributed by atoms with Gasteiger partial charge >= 0.3 is 0 Å². The average Bonchev–Trinajstić information content (AvgIpc) is 2.48. The number of carbonyl (C=O) groups excluding carboxylic acids is 2. The van der Waals surface area contributed by atoms with Crippen molar-refractivity contribution in [2.24, 2.45) is 5.92 Å². The van der Waals surface area contributed by atoms with Crippen LogP contribution in [0.15, 0.2) is 24.3 Å². The SMILES string of the molecule is Cc1ccccc1C(=O)NCC(=O)NCCCOCC(C)C. The van der Waals surface area contributed by atoms with Gasteiger partial charge in [0.1, 0.15) is 0 Å². The number of nitrogens with one attached hydrogen (secondary N) is 2. The molecule has 0 unspecified atom stereocenters. The van der Waals surface area contributed by atoms with Gasteiger partial charge in [0.25, 0.3) is 5.91 Å². The van der Waals surface area contributed by atoms with Crippen LogP contribution in [0.5, 0.6) is 0 Å². The molecule has 0 atom stereocenters. The lowest BCUT2D eigenvalue weighted by atomic mass is 10.1. The van der Waals surface area contributed by atoms with E-state index in [9.17, 15) is 9.59 Å². The summed E-state index contributed by atoms with van der Waals surface area (Å²) in [6.45, 7) is 7.97. The summed E-state index contributed by atoms with van der Waals surface area (Å²) in [4.78, 5) is 23.6. The van der Waals surface area contributed by atoms with Crippen LogP contribution in [-0.4, -0.2) is 38.1 Å². The summed E-state index contributed by atoms with van der Waals surface area (Å²) >= 11 is 0. The Bertz CT molecular complexity index is 487. The van der Waals surface area contributed by atoms with Crippen molar-refractivity contribution in [1.29, 1.82) is 0 Å². The van der Waals surface area contributed by atoms with E-state index in [1.807, 2.05) is 19.1 Å². The van der Waals surface area contributed by atoms with Gasteiger partial charge in [-0.25, -0.2) is 0 Å². The van der Waals surface area contributed by atoms with Crippen molar-refractivity contribution < 1.29 is 14.3 Å². The molecular formula is C17H26N2O3. The molecule has 1 rings (SSSR count). The van der Waals surface area contributed by atoms with E-state index < -0.39 is 0 Å². The van der Waals surface area contributed by atoms with E-state index in [0.29, 0.717) is 24.6 Å². The average molecular weight is 306 g/mol. The molecule has 0 heterocycles. The lowest BCUT2D eigenvalue weighted by molar-refractivity contribution is -0.120. The van der Waals surface area contributed by atoms with Crippen LogP contribution in [0.25, 0.3) is 0 Å². The molecule has 0 saturated heterocycles. The zero-order valence-corrected chi connectivity index (χ0v) is 13.6. The standard InChI is InChI=1S/C17H26N2O3/c1-13(2)12-22-10-6-9-18-16(20)11-19-17(21)15-8-5-4-7-14(15)3/h4-5,7-8,13H,6,9-12H2,1-3H3,(H,18,20)(H,19,21). The van der Waals surface area contributed by atoms with E-state index in [2.05, 4.69) is 24.5 Å². The number of amides is 2. The second kappa shape index (κ2) is 9.95. The fourth-order valence-electron chi connectivity index (χ4n) is 1.87. The minimum absolute atomic E-state index is 0.0139. The summed E-state index contributed by atoms with van der Waals surface area (Å²) in [5.74, 6) is 0.102. The molecule has 1 aromatic rings. The van der Waals surface area contributed by atoms with Crippen molar-refractivity contribution in [3.63, 3.8) is 0 Å². The van der Waals surface area contributed by atoms with Gasteiger partial charge in [0.15, 0.2) is 0 Å². The largest absolute Gasteiger partial charge is 0.381 e. The molecule has 2 amide bonds. The van der Waals surface area contributed by atoms with Crippen LogP contribution in [0.3, 0.4) is 0 Å². The normalized spacial score (nSPS) is 10.5. The Morgan fingerprint density at radius 1 is 1.18 bits per heavy atom. The summed E-state index contributed by atoms with van der Waals surface area (Å²) in [6, 6.07) is 7.29. The van der Waals surface area contributed by atoms with Gasteiger partial charge in [-0.2, -0.15) is 0 Å². The molecule has 5 heteroatoms. The maximum atomic E-state index is 11.9. The Morgan fingerprint density at radius 2 is 1.91 bits per heavy atom. The van der Waals surface area contributed by atoms with Gasteiger partial charge in [0.2, 0.25) is 5.91 Å². The Kier molecular flexibility index (Phi) is 8.22. The molecule has 0 radical (unpaired) electrons. The quantitative estimate of drug-likeness (QED) is 0.685. The highest BCUT2D eigenvalue weighted by Crippen LogP contribution is 2.05. The topological polar surface area (TPSA) is 67.4 Å². The van der Waals surface area contributed by atoms with Crippen molar-refractivity contribution in [1.82, 2.24) is 10.6 Å². The van der Waals surface area contributed by atoms with Crippen LogP contribution in [0.4, 0.5) is 0 Å². The molecular weight excluding hydrogens is 280 g/mol. The van der Waals surface area contributed by atoms with Crippen LogP contribution in [0.2, 0.25) is 0 Å². The Morgan fingerprint density at radius 3 is 2.59 bits per heavy atom. The first-order valence-corrected chi connectivity index (χ1v) is 7.69. The number of aryl methyl sites for hydroxylation is 1. The number of hydrogen-bond acceptors (Lipinski definition) is 3. The summed E-state index contributed by atoms with van der Waals surface area (Å²) in [6.07, 6.45) is 0.768. The summed E-state index contributed by atoms with van der Waals surface area (Å²) in [7, 11) is 0. The number of rotatable bonds is 9. The second-order valence-electron chi connectivity index (χ2n) is 5.67. The van der Waals surface area contributed by atoms with Crippen LogP contribution in [-0.2, 0) is 9.53 Å². The van der Waals surface area contributed by atoms with Crippen LogP contribution >= 0.6 is 0 Å². The zero-order chi connectivity index (χ0) is 16.4. The molecule has 0 aromatic heterocycles. The molecule has 122 valence electrons. The molecule has 5 nitrogen and oxygen atoms in total. The van der Waals surface area contributed by atoms with Crippen molar-refractivity contribution in [2.75, 3.05) is 26.3 Å². The molecule has 0 aliphatic rings. The molecule has 0 spiro atoms. The monoisotopic (exact) mass is 306 g/mol. The van der Waals surface area contributed by atoms with Crippen LogP contribution in [0.1, 0.15) is 36.2 Å². The first-order chi connectivity index (χ1) is 10.5. The summed E-state index contributed by atoms with van der Waals surface area (Å²) in [5.41, 5.74) is 1.49. The third-order valence-corrected chi connectivity index (χ3v) is 3.04. The fraction of sp³-hybridized carbons (Fsp3) is 0.529. The molecule has 0 aliphatic heterocycles. The zero-order valence-electron chi connectivity index (χ0n) is 13.6. The van der Waals surface area contributed by atoms with Crippen LogP contribution < -0.4 is 10.6 Å². The lowest BCUT2D eigenvalue weighted by Crippen LogP contribution is -2.37. The maximum Gasteiger partial charge on any atom is 0.251 e. The fourth-order valence-corrected chi connectivity index (χ4v) is 1.87. The van der Waals surface area contributed by atoms with E-state index in [4.69, 9.17) is 4.74 Å². The predicted molar refractivity (Wildman–Crippen MR) is 86.8 cm³/mol. The molecule has 1 aromatic carbocycles. The van der Waals surface area contributed by atoms with Gasteiger partial charge in [-0.15, -0.1) is 0 Å². The minimum atomic E-state index is -0.228. The smallest absolute Gasteiger partial charge is 0.251 e. The Balaban J connectivity index is 2.16. The highest BCUT2D eigenvalue weighted by Gasteiger charge is 2.09. The van der Waals surface area contributed by atoms with Crippen molar-refractivity contribution in [2.45, 2.75) is 27.2 Å². The Hall–Kier alpha value is -1.88. The summed E-state index contributed by atoms with van der Waals surface area (Å²) in [5, 5.41) is 5.38. The highest BCUT2D eigenvalue weighted by molar-refractivity contribution is 5.97. The van der Waals surface area contributed by atoms with Gasteiger partial charge in [-0.3, -0.25) is 9.59 Å². The highest BCUT2D eigenvalue weighted by atomic mass is 16.5. The molecule has 2 N–H and O–H groups in total. The number of hydrogen-bond donors (Lipinski definition) is 2. The van der Waals surface area contributed by atoms with Gasteiger partial charge in [-0.1, -0.05) is 32.0 Å². The van der Waals surface area contributed by atoms with Gasteiger partial charge in [0.05, 0.1) is 6.54 Å². The molecule has 0 aliphatic carbocycles. The Labute approximate surface area is 132 Å². The van der Waals surface area contributed by atoms with E-state index >= 15 is 0 Å². The van der Waals surface area contributed by atoms with Gasteiger partial charge in [0, 0.05) is 25.3 Å². The van der Waals surface area contributed by atoms with E-state index in [1.54, 1.807) is 12.1 Å². The number of carbonyl (C=O) groups is 2. The van der Waals surface area contributed by atoms with Crippen molar-refractivity contribution in [3.8, 4) is 0 Å². The second-order valence-corrected chi connectivity index (χ2v) is 5.67. The molecule has 0 saturated carbocycles. The van der Waals surface area contributed by atoms with E-state index in [0.717, 1.165) is 18.6 Å². The summed E-state index contributed by atoms with van der Waals surface area (Å²) < 4.78 is 5.43. The van der Waals surface area contributed by atoms with Crippen molar-refractivity contribution in [3.05, 3.63) is 35.4 Å². The first-order valence-electron chi connectivity index (χ1n) is 7.69. The maximum absolute atomic E-state index is 11.9. The molecule has 22 heavy (non-hydrogen) atoms. The van der Waals surface area contributed by atoms with Gasteiger partial charge in [-0.05, 0) is 30.9 Å². The third-order valence-electron chi connectivity index (χ3n) is 3.04. The predicted octanol–water partition coefficient (Wildman–Crippen LogP) is 1.90. The first kappa shape index (κ1) is 18.2. The number of ether oxygens (including phenoxy) is 1. The number of benzene rings is 1. The van der Waals surface area contributed by atoms with Crippen LogP contribution in [0, 0.1) is 12.8 Å². The minimum Gasteiger partial charge on any atom is -0.381 e. The molecule has 0 fully saturated rings. The van der Waals surface area contributed by atoms with Crippen molar-refractivity contribution >= 4 is 11.8 Å². The third kappa shape index (κ3) is 7.22. The van der Waals surface area contributed by atoms with E-state index in [-0.39, 0.29) is 18.4 Å². The lowest BCUT2D eigenvalue weighted by Gasteiger charge is -2.09. The molecule has 0 bridgehead atoms.